The minimum atomic E-state index is -0.585. The van der Waals surface area contributed by atoms with E-state index in [1.54, 1.807) is 18.2 Å². The Hall–Kier alpha value is -2.48. The van der Waals surface area contributed by atoms with Crippen LogP contribution in [0.2, 0.25) is 0 Å². The van der Waals surface area contributed by atoms with Crippen LogP contribution in [-0.4, -0.2) is 18.2 Å². The minimum absolute atomic E-state index is 0.303. The van der Waals surface area contributed by atoms with Gasteiger partial charge in [-0.3, -0.25) is 0 Å². The highest BCUT2D eigenvalue weighted by Gasteiger charge is 2.04. The van der Waals surface area contributed by atoms with Crippen molar-refractivity contribution in [1.82, 2.24) is 5.16 Å². The predicted molar refractivity (Wildman–Crippen MR) is 57.3 cm³/mol. The number of nitrogens with zero attached hydrogens (tertiary/aromatic N) is 1. The number of hydrogen-bond donors (Lipinski definition) is 1. The highest BCUT2D eigenvalue weighted by molar-refractivity contribution is 5.91. The molecule has 0 saturated heterocycles. The number of carbonyl (C=O) groups excluding carboxylic acids is 1. The number of nitrogens with two attached hydrogens (primary N) is 1. The van der Waals surface area contributed by atoms with Gasteiger partial charge in [0, 0.05) is 11.5 Å². The number of anilines is 1. The van der Waals surface area contributed by atoms with Crippen molar-refractivity contribution in [2.24, 2.45) is 0 Å². The van der Waals surface area contributed by atoms with Crippen LogP contribution in [0.5, 0.6) is 0 Å². The number of aromatic nitrogens is 1. The van der Waals surface area contributed by atoms with Crippen LogP contribution in [0.3, 0.4) is 0 Å². The van der Waals surface area contributed by atoms with Gasteiger partial charge < -0.3 is 15.0 Å². The minimum Gasteiger partial charge on any atom is -0.459 e. The van der Waals surface area contributed by atoms with Crippen molar-refractivity contribution < 1.29 is 14.1 Å². The molecule has 0 spiro atoms. The molecule has 0 fully saturated rings. The SMILES string of the molecule is COC(=O)C#Cc1ccc2onc(N)c2c1. The molecule has 0 atom stereocenters. The van der Waals surface area contributed by atoms with Crippen LogP contribution in [0, 0.1) is 11.8 Å². The van der Waals surface area contributed by atoms with Gasteiger partial charge in [0.25, 0.3) is 0 Å². The number of ether oxygens (including phenoxy) is 1. The van der Waals surface area contributed by atoms with E-state index in [0.717, 1.165) is 0 Å². The van der Waals surface area contributed by atoms with E-state index >= 15 is 0 Å². The van der Waals surface area contributed by atoms with Gasteiger partial charge in [-0.1, -0.05) is 11.1 Å². The lowest BCUT2D eigenvalue weighted by Crippen LogP contribution is -1.94. The molecule has 16 heavy (non-hydrogen) atoms. The summed E-state index contributed by atoms with van der Waals surface area (Å²) in [5.74, 6) is 4.69. The maximum absolute atomic E-state index is 10.8. The average molecular weight is 216 g/mol. The molecule has 2 rings (SSSR count). The number of fused-ring (bicyclic) bond motifs is 1. The molecule has 1 aromatic heterocycles. The topological polar surface area (TPSA) is 78.3 Å². The first kappa shape index (κ1) is 10.1. The van der Waals surface area contributed by atoms with Gasteiger partial charge in [0.1, 0.15) is 0 Å². The molecule has 1 aromatic carbocycles. The molecule has 0 radical (unpaired) electrons. The second-order valence-corrected chi connectivity index (χ2v) is 3.02. The number of carbonyl (C=O) groups is 1. The summed E-state index contributed by atoms with van der Waals surface area (Å²) in [6.45, 7) is 0. The van der Waals surface area contributed by atoms with Crippen molar-refractivity contribution in [3.8, 4) is 11.8 Å². The summed E-state index contributed by atoms with van der Waals surface area (Å²) in [4.78, 5) is 10.8. The Morgan fingerprint density at radius 1 is 1.56 bits per heavy atom. The van der Waals surface area contributed by atoms with Gasteiger partial charge in [-0.2, -0.15) is 0 Å². The predicted octanol–water partition coefficient (Wildman–Crippen LogP) is 0.934. The van der Waals surface area contributed by atoms with Crippen molar-refractivity contribution in [3.63, 3.8) is 0 Å². The third-order valence-electron chi connectivity index (χ3n) is 1.99. The fourth-order valence-corrected chi connectivity index (χ4v) is 1.21. The second kappa shape index (κ2) is 3.95. The molecule has 0 bridgehead atoms. The van der Waals surface area contributed by atoms with Crippen LogP contribution in [0.1, 0.15) is 5.56 Å². The zero-order valence-corrected chi connectivity index (χ0v) is 8.48. The van der Waals surface area contributed by atoms with E-state index < -0.39 is 5.97 Å². The summed E-state index contributed by atoms with van der Waals surface area (Å²) in [5, 5.41) is 4.29. The van der Waals surface area contributed by atoms with Crippen LogP contribution >= 0.6 is 0 Å². The molecule has 5 heteroatoms. The van der Waals surface area contributed by atoms with Gasteiger partial charge in [0.15, 0.2) is 11.4 Å². The quantitative estimate of drug-likeness (QED) is 0.523. The van der Waals surface area contributed by atoms with Crippen LogP contribution in [0.4, 0.5) is 5.82 Å². The number of hydrogen-bond acceptors (Lipinski definition) is 5. The summed E-state index contributed by atoms with van der Waals surface area (Å²) in [5.41, 5.74) is 6.81. The fourth-order valence-electron chi connectivity index (χ4n) is 1.21. The number of benzene rings is 1. The number of nitrogen functional groups attached to an aromatic ring is 1. The first-order valence-corrected chi connectivity index (χ1v) is 4.45. The van der Waals surface area contributed by atoms with Crippen LogP contribution in [-0.2, 0) is 9.53 Å². The molecule has 0 aliphatic heterocycles. The Bertz CT molecular complexity index is 604. The molecule has 2 aromatic rings. The molecular formula is C11H8N2O3. The Labute approximate surface area is 91.2 Å². The fraction of sp³-hybridized carbons (Fsp3) is 0.0909. The van der Waals surface area contributed by atoms with Gasteiger partial charge in [-0.15, -0.1) is 0 Å². The summed E-state index contributed by atoms with van der Waals surface area (Å²) >= 11 is 0. The zero-order valence-electron chi connectivity index (χ0n) is 8.48. The van der Waals surface area contributed by atoms with Gasteiger partial charge in [-0.25, -0.2) is 4.79 Å². The average Bonchev–Trinajstić information content (AvgIpc) is 2.68. The number of methoxy groups -OCH3 is 1. The summed E-state index contributed by atoms with van der Waals surface area (Å²) < 4.78 is 9.34. The van der Waals surface area contributed by atoms with Crippen LogP contribution < -0.4 is 5.73 Å². The van der Waals surface area contributed by atoms with E-state index in [0.29, 0.717) is 22.4 Å². The first-order valence-electron chi connectivity index (χ1n) is 4.45. The van der Waals surface area contributed by atoms with Crippen molar-refractivity contribution >= 4 is 22.8 Å². The van der Waals surface area contributed by atoms with Crippen molar-refractivity contribution in [3.05, 3.63) is 23.8 Å². The first-order chi connectivity index (χ1) is 7.70. The van der Waals surface area contributed by atoms with Crippen LogP contribution in [0.15, 0.2) is 22.7 Å². The van der Waals surface area contributed by atoms with Gasteiger partial charge in [0.2, 0.25) is 0 Å². The van der Waals surface area contributed by atoms with E-state index in [1.807, 2.05) is 0 Å². The van der Waals surface area contributed by atoms with E-state index in [1.165, 1.54) is 7.11 Å². The Morgan fingerprint density at radius 3 is 3.12 bits per heavy atom. The molecule has 0 unspecified atom stereocenters. The number of rotatable bonds is 0. The van der Waals surface area contributed by atoms with E-state index in [4.69, 9.17) is 10.3 Å². The highest BCUT2D eigenvalue weighted by Crippen LogP contribution is 2.20. The maximum Gasteiger partial charge on any atom is 0.384 e. The monoisotopic (exact) mass is 216 g/mol. The van der Waals surface area contributed by atoms with Crippen LogP contribution in [0.25, 0.3) is 11.0 Å². The van der Waals surface area contributed by atoms with Gasteiger partial charge in [0.05, 0.1) is 12.5 Å². The summed E-state index contributed by atoms with van der Waals surface area (Å²) in [6, 6.07) is 5.11. The van der Waals surface area contributed by atoms with E-state index in [9.17, 15) is 4.79 Å². The molecule has 2 N–H and O–H groups in total. The molecule has 5 nitrogen and oxygen atoms in total. The van der Waals surface area contributed by atoms with Crippen molar-refractivity contribution in [2.75, 3.05) is 12.8 Å². The molecule has 1 heterocycles. The smallest absolute Gasteiger partial charge is 0.384 e. The number of esters is 1. The maximum atomic E-state index is 10.8. The Morgan fingerprint density at radius 2 is 2.38 bits per heavy atom. The summed E-state index contributed by atoms with van der Waals surface area (Å²) in [6.07, 6.45) is 0. The third-order valence-corrected chi connectivity index (χ3v) is 1.99. The van der Waals surface area contributed by atoms with E-state index in [2.05, 4.69) is 21.7 Å². The zero-order chi connectivity index (χ0) is 11.5. The lowest BCUT2D eigenvalue weighted by atomic mass is 10.1. The third kappa shape index (κ3) is 1.81. The second-order valence-electron chi connectivity index (χ2n) is 3.02. The molecule has 0 aliphatic rings. The highest BCUT2D eigenvalue weighted by atomic mass is 16.5. The van der Waals surface area contributed by atoms with E-state index in [-0.39, 0.29) is 0 Å². The lowest BCUT2D eigenvalue weighted by molar-refractivity contribution is -0.133. The Balaban J connectivity index is 2.41. The molecule has 0 amide bonds. The van der Waals surface area contributed by atoms with Crippen molar-refractivity contribution in [2.45, 2.75) is 0 Å². The lowest BCUT2D eigenvalue weighted by Gasteiger charge is -1.90. The molecular weight excluding hydrogens is 208 g/mol. The normalized spacial score (nSPS) is 9.56. The van der Waals surface area contributed by atoms with Crippen molar-refractivity contribution in [1.29, 1.82) is 0 Å². The molecule has 0 aliphatic carbocycles. The molecule has 0 saturated carbocycles. The molecule has 80 valence electrons. The van der Waals surface area contributed by atoms with Gasteiger partial charge >= 0.3 is 5.97 Å². The Kier molecular flexibility index (Phi) is 2.48. The van der Waals surface area contributed by atoms with Gasteiger partial charge in [-0.05, 0) is 18.2 Å². The standard InChI is InChI=1S/C11H8N2O3/c1-15-10(14)5-3-7-2-4-9-8(6-7)11(12)13-16-9/h2,4,6H,1H3,(H2,12,13). The summed E-state index contributed by atoms with van der Waals surface area (Å²) in [7, 11) is 1.28. The largest absolute Gasteiger partial charge is 0.459 e.